The Kier molecular flexibility index (Phi) is 8.05. The Morgan fingerprint density at radius 1 is 0.811 bits per heavy atom. The first-order chi connectivity index (χ1) is 17.9. The summed E-state index contributed by atoms with van der Waals surface area (Å²) in [6.07, 6.45) is -1.13. The third-order valence-electron chi connectivity index (χ3n) is 6.26. The summed E-state index contributed by atoms with van der Waals surface area (Å²) in [6, 6.07) is 21.0. The minimum Gasteiger partial charge on any atom is -0.497 e. The van der Waals surface area contributed by atoms with Gasteiger partial charge in [0, 0.05) is 37.3 Å². The highest BCUT2D eigenvalue weighted by molar-refractivity contribution is 6.02. The van der Waals surface area contributed by atoms with E-state index in [1.54, 1.807) is 48.5 Å². The fourth-order valence-electron chi connectivity index (χ4n) is 4.33. The Bertz CT molecular complexity index is 1230. The Morgan fingerprint density at radius 3 is 1.84 bits per heavy atom. The van der Waals surface area contributed by atoms with Crippen LogP contribution in [0, 0.1) is 0 Å². The van der Waals surface area contributed by atoms with Crippen molar-refractivity contribution >= 4 is 17.7 Å². The van der Waals surface area contributed by atoms with Crippen molar-refractivity contribution in [3.05, 3.63) is 95.1 Å². The van der Waals surface area contributed by atoms with Gasteiger partial charge in [-0.05, 0) is 47.5 Å². The number of nitrogens with two attached hydrogens (primary N) is 1. The fraction of sp³-hybridized carbons (Fsp3) is 0.250. The van der Waals surface area contributed by atoms with Gasteiger partial charge in [0.1, 0.15) is 11.5 Å². The number of benzene rings is 3. The zero-order valence-electron chi connectivity index (χ0n) is 20.8. The predicted octanol–water partition coefficient (Wildman–Crippen LogP) is 2.40. The van der Waals surface area contributed by atoms with Crippen LogP contribution in [-0.4, -0.2) is 61.0 Å². The molecule has 0 bridgehead atoms. The van der Waals surface area contributed by atoms with Crippen LogP contribution in [0.5, 0.6) is 11.5 Å². The van der Waals surface area contributed by atoms with Gasteiger partial charge in [0.15, 0.2) is 6.17 Å². The third-order valence-corrected chi connectivity index (χ3v) is 6.26. The highest BCUT2D eigenvalue weighted by Gasteiger charge is 2.43. The molecule has 0 atom stereocenters. The predicted molar refractivity (Wildman–Crippen MR) is 138 cm³/mol. The molecule has 1 saturated heterocycles. The van der Waals surface area contributed by atoms with Gasteiger partial charge < -0.3 is 30.3 Å². The van der Waals surface area contributed by atoms with Crippen molar-refractivity contribution in [2.45, 2.75) is 19.3 Å². The molecule has 4 rings (SSSR count). The van der Waals surface area contributed by atoms with E-state index in [0.29, 0.717) is 29.2 Å². The Hall–Kier alpha value is -4.37. The molecule has 0 spiro atoms. The molecule has 3 amide bonds. The molecule has 192 valence electrons. The van der Waals surface area contributed by atoms with Crippen molar-refractivity contribution in [1.29, 1.82) is 0 Å². The van der Waals surface area contributed by atoms with Gasteiger partial charge >= 0.3 is 0 Å². The molecule has 0 aliphatic carbocycles. The van der Waals surface area contributed by atoms with Crippen LogP contribution in [-0.2, 0) is 17.9 Å². The van der Waals surface area contributed by atoms with Crippen molar-refractivity contribution in [2.24, 2.45) is 5.73 Å². The topological polar surface area (TPSA) is 114 Å². The number of carbonyl (C=O) groups is 3. The van der Waals surface area contributed by atoms with Crippen LogP contribution in [0.1, 0.15) is 31.8 Å². The number of hydrogen-bond acceptors (Lipinski definition) is 6. The molecule has 3 aromatic carbocycles. The molecule has 9 nitrogen and oxygen atoms in total. The van der Waals surface area contributed by atoms with E-state index in [4.69, 9.17) is 15.2 Å². The number of carbonyl (C=O) groups excluding carboxylic acids is 3. The quantitative estimate of drug-likeness (QED) is 0.489. The van der Waals surface area contributed by atoms with E-state index in [-0.39, 0.29) is 31.4 Å². The van der Waals surface area contributed by atoms with Crippen molar-refractivity contribution in [2.75, 3.05) is 27.3 Å². The maximum absolute atomic E-state index is 13.5. The zero-order chi connectivity index (χ0) is 26.4. The van der Waals surface area contributed by atoms with Crippen LogP contribution in [0.3, 0.4) is 0 Å². The normalized spacial score (nSPS) is 13.4. The monoisotopic (exact) mass is 502 g/mol. The summed E-state index contributed by atoms with van der Waals surface area (Å²) in [7, 11) is 3.04. The van der Waals surface area contributed by atoms with E-state index in [1.165, 1.54) is 24.0 Å². The molecule has 1 aliphatic heterocycles. The van der Waals surface area contributed by atoms with Gasteiger partial charge in [-0.2, -0.15) is 0 Å². The first-order valence-corrected chi connectivity index (χ1v) is 11.9. The van der Waals surface area contributed by atoms with E-state index in [0.717, 1.165) is 11.1 Å². The van der Waals surface area contributed by atoms with E-state index in [1.807, 2.05) is 24.3 Å². The van der Waals surface area contributed by atoms with Gasteiger partial charge in [-0.3, -0.25) is 14.4 Å². The van der Waals surface area contributed by atoms with E-state index < -0.39 is 12.1 Å². The minimum atomic E-state index is -1.13. The minimum absolute atomic E-state index is 0.201. The van der Waals surface area contributed by atoms with Crippen molar-refractivity contribution in [3.8, 4) is 11.5 Å². The van der Waals surface area contributed by atoms with Crippen LogP contribution in [0.4, 0.5) is 0 Å². The van der Waals surface area contributed by atoms with Crippen LogP contribution < -0.4 is 20.5 Å². The molecule has 0 saturated carbocycles. The highest BCUT2D eigenvalue weighted by Crippen LogP contribution is 2.24. The van der Waals surface area contributed by atoms with Crippen molar-refractivity contribution in [3.63, 3.8) is 0 Å². The smallest absolute Gasteiger partial charge is 0.264 e. The largest absolute Gasteiger partial charge is 0.497 e. The average Bonchev–Trinajstić information content (AvgIpc) is 3.40. The number of hydrogen-bond donors (Lipinski definition) is 2. The molecule has 1 aliphatic rings. The first-order valence-electron chi connectivity index (χ1n) is 11.9. The molecule has 1 heterocycles. The van der Waals surface area contributed by atoms with E-state index in [9.17, 15) is 14.4 Å². The zero-order valence-corrected chi connectivity index (χ0v) is 20.8. The molecular formula is C28H30N4O5. The second-order valence-electron chi connectivity index (χ2n) is 8.58. The second kappa shape index (κ2) is 11.6. The molecule has 3 aromatic rings. The van der Waals surface area contributed by atoms with Crippen molar-refractivity contribution < 1.29 is 23.9 Å². The molecule has 0 radical (unpaired) electrons. The number of methoxy groups -OCH3 is 2. The Morgan fingerprint density at radius 2 is 1.32 bits per heavy atom. The lowest BCUT2D eigenvalue weighted by atomic mass is 10.1. The van der Waals surface area contributed by atoms with E-state index in [2.05, 4.69) is 5.32 Å². The third kappa shape index (κ3) is 5.73. The highest BCUT2D eigenvalue weighted by atomic mass is 16.5. The summed E-state index contributed by atoms with van der Waals surface area (Å²) < 4.78 is 10.5. The summed E-state index contributed by atoms with van der Waals surface area (Å²) >= 11 is 0. The number of nitrogens with zero attached hydrogens (tertiary/aromatic N) is 2. The van der Waals surface area contributed by atoms with Crippen LogP contribution in [0.25, 0.3) is 0 Å². The summed E-state index contributed by atoms with van der Waals surface area (Å²) in [5.74, 6) is -0.149. The molecule has 0 unspecified atom stereocenters. The van der Waals surface area contributed by atoms with Crippen LogP contribution in [0.2, 0.25) is 0 Å². The van der Waals surface area contributed by atoms with Gasteiger partial charge in [0.2, 0.25) is 0 Å². The standard InChI is InChI=1S/C28H30N4O5/c1-36-23-10-4-8-21(15-23)27(34)31-12-13-32(28(35)22-9-5-11-24(16-22)37-2)26(31)25(33)30-18-20-7-3-6-19(14-20)17-29/h3-11,14-16,26H,12-13,17-18,29H2,1-2H3,(H,30,33). The fourth-order valence-corrected chi connectivity index (χ4v) is 4.33. The second-order valence-corrected chi connectivity index (χ2v) is 8.58. The lowest BCUT2D eigenvalue weighted by Gasteiger charge is -2.29. The molecule has 1 fully saturated rings. The lowest BCUT2D eigenvalue weighted by Crippen LogP contribution is -2.53. The van der Waals surface area contributed by atoms with Gasteiger partial charge in [-0.1, -0.05) is 36.4 Å². The molecule has 3 N–H and O–H groups in total. The number of ether oxygens (including phenoxy) is 2. The number of nitrogens with one attached hydrogen (secondary N) is 1. The van der Waals surface area contributed by atoms with Crippen LogP contribution in [0.15, 0.2) is 72.8 Å². The Labute approximate surface area is 215 Å². The Balaban J connectivity index is 1.62. The summed E-state index contributed by atoms with van der Waals surface area (Å²) in [5.41, 5.74) is 8.27. The molecule has 37 heavy (non-hydrogen) atoms. The van der Waals surface area contributed by atoms with Gasteiger partial charge in [0.25, 0.3) is 17.7 Å². The van der Waals surface area contributed by atoms with Crippen molar-refractivity contribution in [1.82, 2.24) is 15.1 Å². The molecule has 0 aromatic heterocycles. The van der Waals surface area contributed by atoms with Gasteiger partial charge in [-0.25, -0.2) is 0 Å². The van der Waals surface area contributed by atoms with Crippen LogP contribution >= 0.6 is 0 Å². The van der Waals surface area contributed by atoms with Gasteiger partial charge in [-0.15, -0.1) is 0 Å². The SMILES string of the molecule is COc1cccc(C(=O)N2CCN(C(=O)c3cccc(OC)c3)C2C(=O)NCc2cccc(CN)c2)c1. The number of rotatable bonds is 8. The summed E-state index contributed by atoms with van der Waals surface area (Å²) in [4.78, 5) is 43.4. The molecule has 9 heteroatoms. The average molecular weight is 503 g/mol. The lowest BCUT2D eigenvalue weighted by molar-refractivity contribution is -0.128. The van der Waals surface area contributed by atoms with E-state index >= 15 is 0 Å². The molecular weight excluding hydrogens is 472 g/mol. The maximum Gasteiger partial charge on any atom is 0.264 e. The maximum atomic E-state index is 13.5. The summed E-state index contributed by atoms with van der Waals surface area (Å²) in [6.45, 7) is 1.01. The summed E-state index contributed by atoms with van der Waals surface area (Å²) in [5, 5.41) is 2.89. The number of amides is 3. The first kappa shape index (κ1) is 25.7. The van der Waals surface area contributed by atoms with Gasteiger partial charge in [0.05, 0.1) is 14.2 Å².